The first kappa shape index (κ1) is 27.6. The van der Waals surface area contributed by atoms with Crippen LogP contribution in [0.1, 0.15) is 0 Å². The molecule has 0 spiro atoms. The first-order valence-electron chi connectivity index (χ1n) is 11.5. The van der Waals surface area contributed by atoms with E-state index in [9.17, 15) is 26.0 Å². The van der Waals surface area contributed by atoms with E-state index in [2.05, 4.69) is 10.0 Å². The van der Waals surface area contributed by atoms with Crippen LogP contribution >= 0.6 is 0 Å². The van der Waals surface area contributed by atoms with Crippen LogP contribution in [0.4, 0.5) is 21.5 Å². The van der Waals surface area contributed by atoms with Gasteiger partial charge in [-0.1, -0.05) is 24.3 Å². The van der Waals surface area contributed by atoms with Crippen LogP contribution in [0.5, 0.6) is 5.75 Å². The molecule has 1 amide bonds. The number of nitrogens with zero attached hydrogens (tertiary/aromatic N) is 1. The van der Waals surface area contributed by atoms with Gasteiger partial charge in [-0.3, -0.25) is 13.8 Å². The number of hydrogen-bond donors (Lipinski definition) is 2. The van der Waals surface area contributed by atoms with Gasteiger partial charge in [-0.2, -0.15) is 0 Å². The molecule has 0 bridgehead atoms. The molecule has 0 atom stereocenters. The highest BCUT2D eigenvalue weighted by atomic mass is 32.2. The number of hydrogen-bond acceptors (Lipinski definition) is 6. The Morgan fingerprint density at radius 2 is 1.44 bits per heavy atom. The van der Waals surface area contributed by atoms with E-state index in [0.717, 1.165) is 16.4 Å². The van der Waals surface area contributed by atoms with Crippen LogP contribution in [0.3, 0.4) is 0 Å². The molecule has 4 rings (SSSR count). The fraction of sp³-hybridized carbons (Fsp3) is 0.0741. The van der Waals surface area contributed by atoms with Gasteiger partial charge in [0.05, 0.1) is 22.6 Å². The van der Waals surface area contributed by atoms with Gasteiger partial charge in [-0.15, -0.1) is 0 Å². The number of carbonyl (C=O) groups is 1. The fourth-order valence-corrected chi connectivity index (χ4v) is 6.07. The van der Waals surface area contributed by atoms with E-state index >= 15 is 0 Å². The average molecular weight is 570 g/mol. The van der Waals surface area contributed by atoms with Gasteiger partial charge in [0.15, 0.2) is 0 Å². The number of ether oxygens (including phenoxy) is 1. The predicted molar refractivity (Wildman–Crippen MR) is 146 cm³/mol. The van der Waals surface area contributed by atoms with Gasteiger partial charge in [0.1, 0.15) is 18.1 Å². The van der Waals surface area contributed by atoms with Crippen molar-refractivity contribution in [3.8, 4) is 5.75 Å². The molecule has 202 valence electrons. The Bertz CT molecular complexity index is 1660. The Balaban J connectivity index is 1.53. The molecule has 0 saturated heterocycles. The Labute approximate surface area is 226 Å². The van der Waals surface area contributed by atoms with Gasteiger partial charge in [0.25, 0.3) is 20.0 Å². The molecule has 0 radical (unpaired) electrons. The van der Waals surface area contributed by atoms with Crippen LogP contribution < -0.4 is 19.1 Å². The van der Waals surface area contributed by atoms with Gasteiger partial charge in [0.2, 0.25) is 5.91 Å². The van der Waals surface area contributed by atoms with Crippen LogP contribution in [-0.2, 0) is 24.8 Å². The average Bonchev–Trinajstić information content (AvgIpc) is 2.93. The molecule has 2 N–H and O–H groups in total. The molecule has 0 fully saturated rings. The van der Waals surface area contributed by atoms with E-state index < -0.39 is 38.3 Å². The summed E-state index contributed by atoms with van der Waals surface area (Å²) < 4.78 is 73.8. The molecule has 0 aliphatic heterocycles. The highest BCUT2D eigenvalue weighted by Gasteiger charge is 2.27. The number of benzene rings is 4. The summed E-state index contributed by atoms with van der Waals surface area (Å²) in [5.74, 6) is -0.746. The first-order chi connectivity index (χ1) is 18.6. The zero-order valence-electron chi connectivity index (χ0n) is 20.6. The number of nitrogens with one attached hydrogen (secondary N) is 2. The molecule has 0 aliphatic rings. The van der Waals surface area contributed by atoms with Crippen molar-refractivity contribution in [3.05, 3.63) is 109 Å². The third-order valence-electron chi connectivity index (χ3n) is 5.50. The first-order valence-corrected chi connectivity index (χ1v) is 14.4. The molecule has 9 nitrogen and oxygen atoms in total. The predicted octanol–water partition coefficient (Wildman–Crippen LogP) is 4.47. The highest BCUT2D eigenvalue weighted by molar-refractivity contribution is 7.93. The van der Waals surface area contributed by atoms with E-state index in [1.54, 1.807) is 36.4 Å². The maximum absolute atomic E-state index is 13.5. The third-order valence-corrected chi connectivity index (χ3v) is 8.69. The van der Waals surface area contributed by atoms with Crippen LogP contribution in [0, 0.1) is 5.82 Å². The zero-order valence-corrected chi connectivity index (χ0v) is 22.2. The standard InChI is InChI=1S/C27H24FN3O6S2/c1-37-24-7-5-6-23(18-24)31(39(35,36)26-8-3-2-4-9-26)19-27(32)29-21-14-16-25(17-15-21)38(33,34)30-22-12-10-20(28)11-13-22/h2-18,30H,19H2,1H3,(H,29,32). The number of carbonyl (C=O) groups excluding carboxylic acids is 1. The lowest BCUT2D eigenvalue weighted by Gasteiger charge is -2.24. The quantitative estimate of drug-likeness (QED) is 0.291. The normalized spacial score (nSPS) is 11.4. The maximum atomic E-state index is 13.5. The van der Waals surface area contributed by atoms with Crippen molar-refractivity contribution in [2.24, 2.45) is 0 Å². The smallest absolute Gasteiger partial charge is 0.264 e. The highest BCUT2D eigenvalue weighted by Crippen LogP contribution is 2.27. The number of halogens is 1. The number of anilines is 3. The molecule has 0 unspecified atom stereocenters. The third kappa shape index (κ3) is 6.72. The summed E-state index contributed by atoms with van der Waals surface area (Å²) in [7, 11) is -6.64. The van der Waals surface area contributed by atoms with Gasteiger partial charge in [-0.25, -0.2) is 21.2 Å². The minimum atomic E-state index is -4.12. The van der Waals surface area contributed by atoms with E-state index in [-0.39, 0.29) is 26.9 Å². The molecule has 0 aliphatic carbocycles. The van der Waals surface area contributed by atoms with Crippen molar-refractivity contribution in [2.75, 3.05) is 28.0 Å². The Kier molecular flexibility index (Phi) is 8.17. The van der Waals surface area contributed by atoms with Gasteiger partial charge in [-0.05, 0) is 72.8 Å². The summed E-state index contributed by atoms with van der Waals surface area (Å²) in [6, 6.07) is 24.2. The van der Waals surface area contributed by atoms with Crippen molar-refractivity contribution in [3.63, 3.8) is 0 Å². The summed E-state index contributed by atoms with van der Waals surface area (Å²) in [5, 5.41) is 2.60. The van der Waals surface area contributed by atoms with Crippen LogP contribution in [0.2, 0.25) is 0 Å². The molecular weight excluding hydrogens is 545 g/mol. The maximum Gasteiger partial charge on any atom is 0.264 e. The lowest BCUT2D eigenvalue weighted by Crippen LogP contribution is -2.38. The van der Waals surface area contributed by atoms with Crippen molar-refractivity contribution in [1.29, 1.82) is 0 Å². The Morgan fingerprint density at radius 3 is 2.08 bits per heavy atom. The lowest BCUT2D eigenvalue weighted by molar-refractivity contribution is -0.114. The summed E-state index contributed by atoms with van der Waals surface area (Å²) in [5.41, 5.74) is 0.663. The zero-order chi connectivity index (χ0) is 28.0. The van der Waals surface area contributed by atoms with Crippen molar-refractivity contribution < 1.29 is 30.8 Å². The summed E-state index contributed by atoms with van der Waals surface area (Å²) >= 11 is 0. The monoisotopic (exact) mass is 569 g/mol. The topological polar surface area (TPSA) is 122 Å². The fourth-order valence-electron chi connectivity index (χ4n) is 3.58. The number of sulfonamides is 2. The van der Waals surface area contributed by atoms with Crippen LogP contribution in [0.15, 0.2) is 113 Å². The van der Waals surface area contributed by atoms with E-state index in [4.69, 9.17) is 4.74 Å². The molecule has 4 aromatic carbocycles. The van der Waals surface area contributed by atoms with E-state index in [0.29, 0.717) is 5.75 Å². The molecule has 12 heteroatoms. The summed E-state index contributed by atoms with van der Waals surface area (Å²) in [4.78, 5) is 12.9. The van der Waals surface area contributed by atoms with Crippen LogP contribution in [0.25, 0.3) is 0 Å². The second kappa shape index (κ2) is 11.5. The van der Waals surface area contributed by atoms with Crippen molar-refractivity contribution in [2.45, 2.75) is 9.79 Å². The molecule has 0 aromatic heterocycles. The van der Waals surface area contributed by atoms with E-state index in [1.807, 2.05) is 0 Å². The lowest BCUT2D eigenvalue weighted by atomic mass is 10.3. The number of amides is 1. The minimum Gasteiger partial charge on any atom is -0.497 e. The number of methoxy groups -OCH3 is 1. The van der Waals surface area contributed by atoms with E-state index in [1.165, 1.54) is 61.7 Å². The van der Waals surface area contributed by atoms with Crippen molar-refractivity contribution in [1.82, 2.24) is 0 Å². The molecule has 0 saturated carbocycles. The molecule has 39 heavy (non-hydrogen) atoms. The Morgan fingerprint density at radius 1 is 0.795 bits per heavy atom. The summed E-state index contributed by atoms with van der Waals surface area (Å²) in [6.07, 6.45) is 0. The second-order valence-electron chi connectivity index (χ2n) is 8.21. The SMILES string of the molecule is COc1cccc(N(CC(=O)Nc2ccc(S(=O)(=O)Nc3ccc(F)cc3)cc2)S(=O)(=O)c2ccccc2)c1. The van der Waals surface area contributed by atoms with Crippen molar-refractivity contribution >= 4 is 43.0 Å². The summed E-state index contributed by atoms with van der Waals surface area (Å²) in [6.45, 7) is -0.559. The number of rotatable bonds is 10. The minimum absolute atomic E-state index is 0.00355. The van der Waals surface area contributed by atoms with Crippen LogP contribution in [-0.4, -0.2) is 36.4 Å². The van der Waals surface area contributed by atoms with Gasteiger partial charge in [0, 0.05) is 17.4 Å². The largest absolute Gasteiger partial charge is 0.497 e. The molecule has 0 heterocycles. The Hall–Kier alpha value is -4.42. The van der Waals surface area contributed by atoms with Gasteiger partial charge >= 0.3 is 0 Å². The molecular formula is C27H24FN3O6S2. The molecule has 4 aromatic rings. The second-order valence-corrected chi connectivity index (χ2v) is 11.8. The van der Waals surface area contributed by atoms with Gasteiger partial charge < -0.3 is 10.1 Å².